The van der Waals surface area contributed by atoms with Gasteiger partial charge in [0, 0.05) is 5.56 Å². The maximum absolute atomic E-state index is 9.43. The van der Waals surface area contributed by atoms with Gasteiger partial charge in [-0.05, 0) is 50.5 Å². The van der Waals surface area contributed by atoms with E-state index in [0.717, 1.165) is 33.8 Å². The number of benzene rings is 2. The minimum Gasteiger partial charge on any atom is -0.456 e. The first kappa shape index (κ1) is 13.6. The maximum atomic E-state index is 9.43. The second-order valence-corrected chi connectivity index (χ2v) is 5.02. The molecule has 0 aliphatic carbocycles. The quantitative estimate of drug-likeness (QED) is 0.891. The molecular formula is C17H20O2. The first-order valence-electron chi connectivity index (χ1n) is 6.48. The summed E-state index contributed by atoms with van der Waals surface area (Å²) in [5, 5.41) is 9.43. The number of aliphatic hydroxyl groups excluding tert-OH is 1. The summed E-state index contributed by atoms with van der Waals surface area (Å²) < 4.78 is 6.04. The molecule has 2 nitrogen and oxygen atoms in total. The Hall–Kier alpha value is -1.80. The van der Waals surface area contributed by atoms with Crippen molar-refractivity contribution in [1.82, 2.24) is 0 Å². The number of aliphatic hydroxyl groups is 1. The standard InChI is InChI=1S/C17H20O2/c1-11-5-8-16(15(9-11)10-18)19-17-13(3)7-6-12(2)14(17)4/h5-9,18H,10H2,1-4H3. The predicted octanol–water partition coefficient (Wildman–Crippen LogP) is 4.20. The van der Waals surface area contributed by atoms with E-state index in [1.807, 2.05) is 32.0 Å². The minimum atomic E-state index is -0.0130. The zero-order valence-electron chi connectivity index (χ0n) is 11.9. The smallest absolute Gasteiger partial charge is 0.133 e. The Morgan fingerprint density at radius 3 is 2.32 bits per heavy atom. The van der Waals surface area contributed by atoms with Crippen LogP contribution < -0.4 is 4.74 Å². The van der Waals surface area contributed by atoms with Crippen molar-refractivity contribution in [3.63, 3.8) is 0 Å². The molecule has 0 fully saturated rings. The third-order valence-electron chi connectivity index (χ3n) is 3.47. The average molecular weight is 256 g/mol. The van der Waals surface area contributed by atoms with Gasteiger partial charge in [-0.1, -0.05) is 29.8 Å². The molecule has 2 aromatic carbocycles. The van der Waals surface area contributed by atoms with Crippen molar-refractivity contribution in [3.8, 4) is 11.5 Å². The Labute approximate surface area is 114 Å². The SMILES string of the molecule is Cc1ccc(Oc2c(C)ccc(C)c2C)c(CO)c1. The molecule has 0 aliphatic heterocycles. The van der Waals surface area contributed by atoms with Crippen LogP contribution in [0.5, 0.6) is 11.5 Å². The molecule has 0 aliphatic rings. The number of rotatable bonds is 3. The highest BCUT2D eigenvalue weighted by Gasteiger charge is 2.10. The van der Waals surface area contributed by atoms with E-state index < -0.39 is 0 Å². The molecule has 0 saturated heterocycles. The van der Waals surface area contributed by atoms with E-state index in [0.29, 0.717) is 0 Å². The molecule has 0 saturated carbocycles. The van der Waals surface area contributed by atoms with Crippen LogP contribution in [0.2, 0.25) is 0 Å². The second kappa shape index (κ2) is 5.45. The summed E-state index contributed by atoms with van der Waals surface area (Å²) >= 11 is 0. The third kappa shape index (κ3) is 2.79. The van der Waals surface area contributed by atoms with E-state index >= 15 is 0 Å². The Bertz CT molecular complexity index is 600. The van der Waals surface area contributed by atoms with Crippen molar-refractivity contribution in [3.05, 3.63) is 58.1 Å². The van der Waals surface area contributed by atoms with Crippen LogP contribution in [0.1, 0.15) is 27.8 Å². The highest BCUT2D eigenvalue weighted by molar-refractivity contribution is 5.48. The molecule has 0 radical (unpaired) electrons. The summed E-state index contributed by atoms with van der Waals surface area (Å²) in [7, 11) is 0. The Morgan fingerprint density at radius 1 is 0.947 bits per heavy atom. The topological polar surface area (TPSA) is 29.5 Å². The normalized spacial score (nSPS) is 10.6. The van der Waals surface area contributed by atoms with E-state index in [1.54, 1.807) is 0 Å². The van der Waals surface area contributed by atoms with Crippen molar-refractivity contribution in [2.24, 2.45) is 0 Å². The lowest BCUT2D eigenvalue weighted by Crippen LogP contribution is -1.97. The average Bonchev–Trinajstić information content (AvgIpc) is 2.40. The van der Waals surface area contributed by atoms with Crippen LogP contribution in [-0.4, -0.2) is 5.11 Å². The van der Waals surface area contributed by atoms with Gasteiger partial charge in [0.2, 0.25) is 0 Å². The summed E-state index contributed by atoms with van der Waals surface area (Å²) in [6.45, 7) is 8.16. The number of aryl methyl sites for hydroxylation is 3. The highest BCUT2D eigenvalue weighted by atomic mass is 16.5. The van der Waals surface area contributed by atoms with Gasteiger partial charge in [-0.2, -0.15) is 0 Å². The van der Waals surface area contributed by atoms with Crippen LogP contribution in [0.4, 0.5) is 0 Å². The fourth-order valence-corrected chi connectivity index (χ4v) is 2.12. The predicted molar refractivity (Wildman–Crippen MR) is 77.8 cm³/mol. The molecular weight excluding hydrogens is 236 g/mol. The lowest BCUT2D eigenvalue weighted by atomic mass is 10.0. The van der Waals surface area contributed by atoms with Gasteiger partial charge in [-0.3, -0.25) is 0 Å². The first-order valence-corrected chi connectivity index (χ1v) is 6.48. The molecule has 0 atom stereocenters. The minimum absolute atomic E-state index is 0.0130. The third-order valence-corrected chi connectivity index (χ3v) is 3.47. The first-order chi connectivity index (χ1) is 9.02. The molecule has 0 bridgehead atoms. The van der Waals surface area contributed by atoms with Crippen LogP contribution in [-0.2, 0) is 6.61 Å². The van der Waals surface area contributed by atoms with Crippen LogP contribution >= 0.6 is 0 Å². The summed E-state index contributed by atoms with van der Waals surface area (Å²) in [5.41, 5.74) is 5.39. The maximum Gasteiger partial charge on any atom is 0.133 e. The van der Waals surface area contributed by atoms with Gasteiger partial charge in [0.15, 0.2) is 0 Å². The lowest BCUT2D eigenvalue weighted by molar-refractivity contribution is 0.276. The van der Waals surface area contributed by atoms with E-state index in [-0.39, 0.29) is 6.61 Å². The molecule has 0 aromatic heterocycles. The van der Waals surface area contributed by atoms with Crippen LogP contribution in [0, 0.1) is 27.7 Å². The van der Waals surface area contributed by atoms with Gasteiger partial charge in [-0.15, -0.1) is 0 Å². The molecule has 0 amide bonds. The summed E-state index contributed by atoms with van der Waals surface area (Å²) in [6, 6.07) is 10.0. The molecule has 2 heteroatoms. The largest absolute Gasteiger partial charge is 0.456 e. The monoisotopic (exact) mass is 256 g/mol. The van der Waals surface area contributed by atoms with Gasteiger partial charge >= 0.3 is 0 Å². The zero-order chi connectivity index (χ0) is 14.0. The van der Waals surface area contributed by atoms with Crippen LogP contribution in [0.25, 0.3) is 0 Å². The summed E-state index contributed by atoms with van der Waals surface area (Å²) in [4.78, 5) is 0. The van der Waals surface area contributed by atoms with Crippen molar-refractivity contribution < 1.29 is 9.84 Å². The molecule has 1 N–H and O–H groups in total. The van der Waals surface area contributed by atoms with Crippen molar-refractivity contribution in [2.75, 3.05) is 0 Å². The summed E-state index contributed by atoms with van der Waals surface area (Å²) in [5.74, 6) is 1.61. The highest BCUT2D eigenvalue weighted by Crippen LogP contribution is 2.32. The van der Waals surface area contributed by atoms with E-state index in [1.165, 1.54) is 5.56 Å². The van der Waals surface area contributed by atoms with E-state index in [4.69, 9.17) is 4.74 Å². The lowest BCUT2D eigenvalue weighted by Gasteiger charge is -2.16. The Balaban J connectivity index is 2.44. The zero-order valence-corrected chi connectivity index (χ0v) is 11.9. The van der Waals surface area contributed by atoms with Gasteiger partial charge < -0.3 is 9.84 Å². The van der Waals surface area contributed by atoms with Gasteiger partial charge in [-0.25, -0.2) is 0 Å². The molecule has 0 unspecified atom stereocenters. The van der Waals surface area contributed by atoms with Crippen molar-refractivity contribution in [2.45, 2.75) is 34.3 Å². The molecule has 100 valence electrons. The van der Waals surface area contributed by atoms with Crippen LogP contribution in [0.15, 0.2) is 30.3 Å². The Morgan fingerprint density at radius 2 is 1.63 bits per heavy atom. The summed E-state index contributed by atoms with van der Waals surface area (Å²) in [6.07, 6.45) is 0. The fourth-order valence-electron chi connectivity index (χ4n) is 2.12. The number of hydrogen-bond donors (Lipinski definition) is 1. The van der Waals surface area contributed by atoms with E-state index in [9.17, 15) is 5.11 Å². The van der Waals surface area contributed by atoms with Crippen molar-refractivity contribution in [1.29, 1.82) is 0 Å². The molecule has 0 spiro atoms. The van der Waals surface area contributed by atoms with E-state index in [2.05, 4.69) is 26.0 Å². The van der Waals surface area contributed by atoms with Gasteiger partial charge in [0.05, 0.1) is 6.61 Å². The number of hydrogen-bond acceptors (Lipinski definition) is 2. The fraction of sp³-hybridized carbons (Fsp3) is 0.294. The van der Waals surface area contributed by atoms with Crippen LogP contribution in [0.3, 0.4) is 0 Å². The molecule has 2 aromatic rings. The second-order valence-electron chi connectivity index (χ2n) is 5.02. The Kier molecular flexibility index (Phi) is 3.91. The number of ether oxygens (including phenoxy) is 1. The van der Waals surface area contributed by atoms with Gasteiger partial charge in [0.25, 0.3) is 0 Å². The van der Waals surface area contributed by atoms with Gasteiger partial charge in [0.1, 0.15) is 11.5 Å². The molecule has 0 heterocycles. The molecule has 2 rings (SSSR count). The van der Waals surface area contributed by atoms with Crippen molar-refractivity contribution >= 4 is 0 Å². The molecule has 19 heavy (non-hydrogen) atoms.